The summed E-state index contributed by atoms with van der Waals surface area (Å²) in [7, 11) is 0. The van der Waals surface area contributed by atoms with Crippen molar-refractivity contribution in [1.82, 2.24) is 9.55 Å². The van der Waals surface area contributed by atoms with E-state index in [0.29, 0.717) is 6.01 Å². The lowest BCUT2D eigenvalue weighted by Gasteiger charge is -2.02. The highest BCUT2D eigenvalue weighted by molar-refractivity contribution is 7.26. The molecule has 0 saturated carbocycles. The SMILES string of the molecule is c1ccc2c(c1)oc1c2ccc2c3ccccc3n(-c3nc4c(ccc5sc6ccccc6c54)o3)c21. The van der Waals surface area contributed by atoms with Crippen LogP contribution in [0.15, 0.2) is 106 Å². The molecule has 9 rings (SSSR count). The van der Waals surface area contributed by atoms with Crippen LogP contribution < -0.4 is 0 Å². The van der Waals surface area contributed by atoms with Gasteiger partial charge in [-0.05, 0) is 36.4 Å². The summed E-state index contributed by atoms with van der Waals surface area (Å²) in [5.41, 5.74) is 5.41. The number of fused-ring (bicyclic) bond motifs is 12. The zero-order valence-corrected chi connectivity index (χ0v) is 19.7. The Labute approximate surface area is 207 Å². The van der Waals surface area contributed by atoms with Crippen molar-refractivity contribution in [3.63, 3.8) is 0 Å². The molecular weight excluding hydrogens is 464 g/mol. The van der Waals surface area contributed by atoms with Gasteiger partial charge in [0.05, 0.1) is 5.52 Å². The van der Waals surface area contributed by atoms with E-state index in [-0.39, 0.29) is 0 Å². The third-order valence-electron chi connectivity index (χ3n) is 7.26. The van der Waals surface area contributed by atoms with Crippen molar-refractivity contribution in [3.05, 3.63) is 97.1 Å². The van der Waals surface area contributed by atoms with Crippen molar-refractivity contribution >= 4 is 86.4 Å². The van der Waals surface area contributed by atoms with E-state index >= 15 is 0 Å². The van der Waals surface area contributed by atoms with Gasteiger partial charge in [-0.2, -0.15) is 4.98 Å². The fourth-order valence-electron chi connectivity index (χ4n) is 5.71. The second kappa shape index (κ2) is 6.53. The summed E-state index contributed by atoms with van der Waals surface area (Å²) in [6, 6.07) is 34.2. The van der Waals surface area contributed by atoms with E-state index in [1.807, 2.05) is 24.3 Å². The zero-order valence-electron chi connectivity index (χ0n) is 18.9. The van der Waals surface area contributed by atoms with Crippen LogP contribution in [0.25, 0.3) is 81.0 Å². The predicted octanol–water partition coefficient (Wildman–Crippen LogP) is 9.19. The summed E-state index contributed by atoms with van der Waals surface area (Å²) < 4.78 is 17.5. The molecule has 0 aliphatic carbocycles. The van der Waals surface area contributed by atoms with Crippen LogP contribution in [0, 0.1) is 0 Å². The quantitative estimate of drug-likeness (QED) is 0.235. The summed E-state index contributed by atoms with van der Waals surface area (Å²) >= 11 is 1.79. The van der Waals surface area contributed by atoms with Crippen molar-refractivity contribution in [2.24, 2.45) is 0 Å². The fourth-order valence-corrected chi connectivity index (χ4v) is 6.82. The van der Waals surface area contributed by atoms with Crippen molar-refractivity contribution in [1.29, 1.82) is 0 Å². The Morgan fingerprint density at radius 1 is 0.583 bits per heavy atom. The first-order valence-corrected chi connectivity index (χ1v) is 12.7. The first-order chi connectivity index (χ1) is 17.8. The molecule has 5 heteroatoms. The Bertz CT molecular complexity index is 2330. The van der Waals surface area contributed by atoms with Crippen LogP contribution in [-0.2, 0) is 0 Å². The summed E-state index contributed by atoms with van der Waals surface area (Å²) in [5, 5.41) is 6.82. The maximum atomic E-state index is 6.49. The molecule has 168 valence electrons. The maximum Gasteiger partial charge on any atom is 0.307 e. The normalized spacial score (nSPS) is 12.4. The van der Waals surface area contributed by atoms with E-state index in [1.165, 1.54) is 14.8 Å². The van der Waals surface area contributed by atoms with E-state index in [1.54, 1.807) is 11.3 Å². The third-order valence-corrected chi connectivity index (χ3v) is 8.39. The number of rotatable bonds is 1. The summed E-state index contributed by atoms with van der Waals surface area (Å²) in [6.45, 7) is 0. The van der Waals surface area contributed by atoms with Gasteiger partial charge in [0.15, 0.2) is 11.2 Å². The first-order valence-electron chi connectivity index (χ1n) is 11.9. The molecule has 36 heavy (non-hydrogen) atoms. The molecule has 0 radical (unpaired) electrons. The minimum atomic E-state index is 0.548. The molecule has 0 aliphatic heterocycles. The molecule has 4 heterocycles. The van der Waals surface area contributed by atoms with Crippen LogP contribution in [0.4, 0.5) is 0 Å². The van der Waals surface area contributed by atoms with Gasteiger partial charge in [-0.3, -0.25) is 4.57 Å². The molecule has 0 unspecified atom stereocenters. The van der Waals surface area contributed by atoms with Gasteiger partial charge in [0.25, 0.3) is 0 Å². The van der Waals surface area contributed by atoms with Crippen LogP contribution in [0.5, 0.6) is 0 Å². The molecule has 0 bridgehead atoms. The average Bonchev–Trinajstić information content (AvgIpc) is 3.67. The number of benzene rings is 5. The zero-order chi connectivity index (χ0) is 23.4. The van der Waals surface area contributed by atoms with E-state index < -0.39 is 0 Å². The van der Waals surface area contributed by atoms with Crippen molar-refractivity contribution in [3.8, 4) is 6.01 Å². The van der Waals surface area contributed by atoms with E-state index in [0.717, 1.165) is 60.2 Å². The summed E-state index contributed by atoms with van der Waals surface area (Å²) in [5.74, 6) is 0. The maximum absolute atomic E-state index is 6.49. The lowest BCUT2D eigenvalue weighted by atomic mass is 10.1. The standard InChI is InChI=1S/C31H16N2O2S/c1-4-10-22-17(7-1)19-13-14-20-18-8-2-5-11-23(18)34-30(20)29(19)33(22)31-32-28-24(35-31)15-16-26-27(28)21-9-3-6-12-25(21)36-26/h1-16H. The fraction of sp³-hybridized carbons (Fsp3) is 0. The van der Waals surface area contributed by atoms with E-state index in [4.69, 9.17) is 13.8 Å². The van der Waals surface area contributed by atoms with Crippen LogP contribution in [0.2, 0.25) is 0 Å². The lowest BCUT2D eigenvalue weighted by molar-refractivity contribution is 0.573. The molecule has 0 amide bonds. The predicted molar refractivity (Wildman–Crippen MR) is 149 cm³/mol. The molecular formula is C31H16N2O2S. The highest BCUT2D eigenvalue weighted by Crippen LogP contribution is 2.42. The highest BCUT2D eigenvalue weighted by atomic mass is 32.1. The molecule has 0 N–H and O–H groups in total. The van der Waals surface area contributed by atoms with Gasteiger partial charge in [-0.1, -0.05) is 60.7 Å². The molecule has 5 aromatic carbocycles. The topological polar surface area (TPSA) is 44.1 Å². The van der Waals surface area contributed by atoms with Gasteiger partial charge in [0, 0.05) is 41.7 Å². The molecule has 0 atom stereocenters. The van der Waals surface area contributed by atoms with Crippen LogP contribution in [0.1, 0.15) is 0 Å². The second-order valence-corrected chi connectivity index (χ2v) is 10.3. The van der Waals surface area contributed by atoms with Crippen LogP contribution >= 0.6 is 11.3 Å². The molecule has 4 nitrogen and oxygen atoms in total. The smallest absolute Gasteiger partial charge is 0.307 e. The Hall–Kier alpha value is -4.61. The van der Waals surface area contributed by atoms with Crippen LogP contribution in [0.3, 0.4) is 0 Å². The summed E-state index contributed by atoms with van der Waals surface area (Å²) in [6.07, 6.45) is 0. The van der Waals surface area contributed by atoms with Gasteiger partial charge in [0.1, 0.15) is 16.6 Å². The molecule has 0 fully saturated rings. The minimum absolute atomic E-state index is 0.548. The van der Waals surface area contributed by atoms with Crippen molar-refractivity contribution in [2.45, 2.75) is 0 Å². The van der Waals surface area contributed by atoms with Gasteiger partial charge < -0.3 is 8.83 Å². The highest BCUT2D eigenvalue weighted by Gasteiger charge is 2.22. The van der Waals surface area contributed by atoms with Gasteiger partial charge in [-0.15, -0.1) is 11.3 Å². The lowest BCUT2D eigenvalue weighted by Crippen LogP contribution is -1.94. The third kappa shape index (κ3) is 2.26. The van der Waals surface area contributed by atoms with E-state index in [2.05, 4.69) is 77.4 Å². The van der Waals surface area contributed by atoms with Crippen molar-refractivity contribution in [2.75, 3.05) is 0 Å². The number of furan rings is 1. The second-order valence-electron chi connectivity index (χ2n) is 9.17. The van der Waals surface area contributed by atoms with Gasteiger partial charge in [0.2, 0.25) is 0 Å². The monoisotopic (exact) mass is 480 g/mol. The largest absolute Gasteiger partial charge is 0.454 e. The number of thiophene rings is 1. The number of aromatic nitrogens is 2. The number of hydrogen-bond donors (Lipinski definition) is 0. The molecule has 0 aliphatic rings. The Balaban J connectivity index is 1.47. The minimum Gasteiger partial charge on any atom is -0.454 e. The average molecular weight is 481 g/mol. The molecule has 0 spiro atoms. The Kier molecular flexibility index (Phi) is 3.39. The van der Waals surface area contributed by atoms with E-state index in [9.17, 15) is 0 Å². The Morgan fingerprint density at radius 3 is 2.31 bits per heavy atom. The van der Waals surface area contributed by atoms with Crippen molar-refractivity contribution < 1.29 is 8.83 Å². The number of oxazole rings is 1. The molecule has 4 aromatic heterocycles. The van der Waals surface area contributed by atoms with Gasteiger partial charge >= 0.3 is 6.01 Å². The molecule has 0 saturated heterocycles. The Morgan fingerprint density at radius 2 is 1.36 bits per heavy atom. The number of para-hydroxylation sites is 2. The summed E-state index contributed by atoms with van der Waals surface area (Å²) in [4.78, 5) is 5.13. The van der Waals surface area contributed by atoms with Crippen LogP contribution in [-0.4, -0.2) is 9.55 Å². The number of hydrogen-bond acceptors (Lipinski definition) is 4. The molecule has 9 aromatic rings. The first kappa shape index (κ1) is 18.7. The van der Waals surface area contributed by atoms with Gasteiger partial charge in [-0.25, -0.2) is 0 Å². The number of nitrogens with zero attached hydrogens (tertiary/aromatic N) is 2.